The summed E-state index contributed by atoms with van der Waals surface area (Å²) < 4.78 is 0. The van der Waals surface area contributed by atoms with Gasteiger partial charge in [-0.3, -0.25) is 4.98 Å². The first-order chi connectivity index (χ1) is 20.9. The Morgan fingerprint density at radius 3 is 1.55 bits per heavy atom. The van der Waals surface area contributed by atoms with Gasteiger partial charge in [0.1, 0.15) is 0 Å². The lowest BCUT2D eigenvalue weighted by Crippen LogP contribution is -1.93. The lowest BCUT2D eigenvalue weighted by atomic mass is 9.85. The van der Waals surface area contributed by atoms with Crippen LogP contribution in [0.15, 0.2) is 164 Å². The number of hydrogen-bond donors (Lipinski definition) is 0. The molecular weight excluding hydrogens is 506 g/mol. The van der Waals surface area contributed by atoms with Gasteiger partial charge in [-0.05, 0) is 79.9 Å². The van der Waals surface area contributed by atoms with Gasteiger partial charge in [-0.15, -0.1) is 0 Å². The minimum atomic E-state index is 0.902. The molecule has 1 nitrogen and oxygen atoms in total. The van der Waals surface area contributed by atoms with Gasteiger partial charge in [0.25, 0.3) is 0 Å². The zero-order valence-electron chi connectivity index (χ0n) is 23.4. The maximum atomic E-state index is 4.49. The third kappa shape index (κ3) is 5.02. The predicted octanol–water partition coefficient (Wildman–Crippen LogP) is 11.2. The number of fused-ring (bicyclic) bond motifs is 2. The number of hydrogen-bond acceptors (Lipinski definition) is 1. The van der Waals surface area contributed by atoms with Gasteiger partial charge in [0.05, 0.1) is 5.69 Å². The van der Waals surface area contributed by atoms with E-state index < -0.39 is 0 Å². The van der Waals surface area contributed by atoms with Crippen LogP contribution in [-0.2, 0) is 0 Å². The quantitative estimate of drug-likeness (QED) is 0.204. The molecule has 0 spiro atoms. The SMILES string of the molecule is C1=C\C/C=C\C(c2c3ccccc3c(-c3ccc(-c4ccc(-c5ccccn5)cc4)cc3)c3ccccc23)=C/C\C=C/1. The topological polar surface area (TPSA) is 12.9 Å². The molecule has 0 radical (unpaired) electrons. The molecule has 1 aliphatic carbocycles. The molecule has 7 rings (SSSR count). The summed E-state index contributed by atoms with van der Waals surface area (Å²) in [6.45, 7) is 0. The van der Waals surface area contributed by atoms with Crippen LogP contribution in [0.2, 0.25) is 0 Å². The highest BCUT2D eigenvalue weighted by Gasteiger charge is 2.16. The van der Waals surface area contributed by atoms with Crippen LogP contribution in [-0.4, -0.2) is 4.98 Å². The lowest BCUT2D eigenvalue weighted by molar-refractivity contribution is 1.33. The summed E-state index contributed by atoms with van der Waals surface area (Å²) >= 11 is 0. The van der Waals surface area contributed by atoms with E-state index in [1.165, 1.54) is 54.9 Å². The minimum absolute atomic E-state index is 0.902. The van der Waals surface area contributed by atoms with Crippen molar-refractivity contribution in [1.29, 1.82) is 0 Å². The summed E-state index contributed by atoms with van der Waals surface area (Å²) in [5, 5.41) is 5.13. The van der Waals surface area contributed by atoms with E-state index in [0.717, 1.165) is 24.1 Å². The van der Waals surface area contributed by atoms with Crippen LogP contribution in [0.5, 0.6) is 0 Å². The van der Waals surface area contributed by atoms with Gasteiger partial charge in [-0.25, -0.2) is 0 Å². The fourth-order valence-corrected chi connectivity index (χ4v) is 5.98. The highest BCUT2D eigenvalue weighted by molar-refractivity contribution is 6.19. The van der Waals surface area contributed by atoms with Gasteiger partial charge >= 0.3 is 0 Å². The van der Waals surface area contributed by atoms with Crippen LogP contribution < -0.4 is 0 Å². The monoisotopic (exact) mass is 537 g/mol. The summed E-state index contributed by atoms with van der Waals surface area (Å²) in [7, 11) is 0. The van der Waals surface area contributed by atoms with E-state index >= 15 is 0 Å². The molecule has 5 aromatic carbocycles. The second-order valence-corrected chi connectivity index (χ2v) is 10.6. The van der Waals surface area contributed by atoms with Crippen molar-refractivity contribution < 1.29 is 0 Å². The third-order valence-electron chi connectivity index (χ3n) is 8.00. The fraction of sp³-hybridized carbons (Fsp3) is 0.0488. The van der Waals surface area contributed by atoms with Gasteiger partial charge in [-0.1, -0.05) is 146 Å². The van der Waals surface area contributed by atoms with Crippen LogP contribution >= 0.6 is 0 Å². The lowest BCUT2D eigenvalue weighted by Gasteiger charge is -2.18. The molecule has 0 fully saturated rings. The molecule has 6 aromatic rings. The number of allylic oxidation sites excluding steroid dienone is 8. The first-order valence-electron chi connectivity index (χ1n) is 14.6. The van der Waals surface area contributed by atoms with E-state index in [-0.39, 0.29) is 0 Å². The Hall–Kier alpha value is -5.27. The molecular formula is C41H31N. The van der Waals surface area contributed by atoms with E-state index in [4.69, 9.17) is 0 Å². The number of rotatable bonds is 4. The van der Waals surface area contributed by atoms with Crippen molar-refractivity contribution in [3.63, 3.8) is 0 Å². The van der Waals surface area contributed by atoms with Gasteiger partial charge in [0.2, 0.25) is 0 Å². The first kappa shape index (κ1) is 25.7. The average molecular weight is 538 g/mol. The van der Waals surface area contributed by atoms with Gasteiger partial charge in [-0.2, -0.15) is 0 Å². The molecule has 0 atom stereocenters. The van der Waals surface area contributed by atoms with Gasteiger partial charge in [0.15, 0.2) is 0 Å². The van der Waals surface area contributed by atoms with Crippen molar-refractivity contribution in [3.8, 4) is 33.5 Å². The molecule has 1 aliphatic rings. The van der Waals surface area contributed by atoms with Crippen LogP contribution in [0.1, 0.15) is 18.4 Å². The molecule has 1 aromatic heterocycles. The second-order valence-electron chi connectivity index (χ2n) is 10.6. The maximum Gasteiger partial charge on any atom is 0.0701 e. The average Bonchev–Trinajstić information content (AvgIpc) is 3.07. The van der Waals surface area contributed by atoms with Crippen molar-refractivity contribution in [1.82, 2.24) is 4.98 Å². The van der Waals surface area contributed by atoms with Crippen LogP contribution in [0.3, 0.4) is 0 Å². The Bertz CT molecular complexity index is 1930. The highest BCUT2D eigenvalue weighted by Crippen LogP contribution is 2.42. The Labute approximate surface area is 247 Å². The summed E-state index contributed by atoms with van der Waals surface area (Å²) in [4.78, 5) is 4.49. The number of benzene rings is 5. The van der Waals surface area contributed by atoms with Crippen molar-refractivity contribution in [2.45, 2.75) is 12.8 Å². The minimum Gasteiger partial charge on any atom is -0.256 e. The van der Waals surface area contributed by atoms with E-state index in [9.17, 15) is 0 Å². The standard InChI is InChI=1S/C41H31N/c1-2-4-6-14-33(15-7-5-3-1)40-35-16-8-10-18-37(35)41(38-19-11-9-17-36(38)40)34-27-23-31(24-28-34)30-21-25-32(26-22-30)39-20-12-13-29-42-39/h1-4,7-29H,5-6H2/b3-1-,4-2-,15-7-,33-14+. The highest BCUT2D eigenvalue weighted by atomic mass is 14.7. The molecule has 0 aliphatic heterocycles. The number of pyridine rings is 1. The number of nitrogens with zero attached hydrogens (tertiary/aromatic N) is 1. The van der Waals surface area contributed by atoms with Crippen LogP contribution in [0.4, 0.5) is 0 Å². The Morgan fingerprint density at radius 1 is 0.429 bits per heavy atom. The molecule has 1 heterocycles. The summed E-state index contributed by atoms with van der Waals surface area (Å²) in [6.07, 6.45) is 19.3. The van der Waals surface area contributed by atoms with Crippen molar-refractivity contribution >= 4 is 27.1 Å². The van der Waals surface area contributed by atoms with E-state index in [0.29, 0.717) is 0 Å². The molecule has 200 valence electrons. The van der Waals surface area contributed by atoms with E-state index in [1.807, 2.05) is 24.4 Å². The molecule has 0 saturated heterocycles. The molecule has 0 saturated carbocycles. The van der Waals surface area contributed by atoms with Crippen molar-refractivity contribution in [2.75, 3.05) is 0 Å². The fourth-order valence-electron chi connectivity index (χ4n) is 5.98. The van der Waals surface area contributed by atoms with Gasteiger partial charge < -0.3 is 0 Å². The maximum absolute atomic E-state index is 4.49. The largest absolute Gasteiger partial charge is 0.256 e. The zero-order chi connectivity index (χ0) is 28.1. The summed E-state index contributed by atoms with van der Waals surface area (Å²) in [6, 6.07) is 41.5. The Kier molecular flexibility index (Phi) is 7.15. The number of aromatic nitrogens is 1. The second kappa shape index (κ2) is 11.7. The predicted molar refractivity (Wildman–Crippen MR) is 180 cm³/mol. The normalized spacial score (nSPS) is 16.9. The molecule has 0 amide bonds. The summed E-state index contributed by atoms with van der Waals surface area (Å²) in [5.74, 6) is 0. The van der Waals surface area contributed by atoms with E-state index in [2.05, 4.69) is 145 Å². The first-order valence-corrected chi connectivity index (χ1v) is 14.6. The molecule has 0 bridgehead atoms. The van der Waals surface area contributed by atoms with Crippen LogP contribution in [0, 0.1) is 0 Å². The van der Waals surface area contributed by atoms with Gasteiger partial charge in [0, 0.05) is 11.8 Å². The molecule has 0 N–H and O–H groups in total. The smallest absolute Gasteiger partial charge is 0.0701 e. The third-order valence-corrected chi connectivity index (χ3v) is 8.00. The Morgan fingerprint density at radius 2 is 0.952 bits per heavy atom. The molecule has 42 heavy (non-hydrogen) atoms. The van der Waals surface area contributed by atoms with E-state index in [1.54, 1.807) is 0 Å². The molecule has 0 unspecified atom stereocenters. The summed E-state index contributed by atoms with van der Waals surface area (Å²) in [5.41, 5.74) is 9.62. The Balaban J connectivity index is 1.33. The molecule has 1 heteroatoms. The van der Waals surface area contributed by atoms with Crippen molar-refractivity contribution in [2.24, 2.45) is 0 Å². The van der Waals surface area contributed by atoms with Crippen LogP contribution in [0.25, 0.3) is 60.6 Å². The zero-order valence-corrected chi connectivity index (χ0v) is 23.4. The van der Waals surface area contributed by atoms with Crippen molar-refractivity contribution in [3.05, 3.63) is 170 Å².